The van der Waals surface area contributed by atoms with Crippen LogP contribution in [-0.2, 0) is 6.42 Å². The molecular formula is C16H14BrN3O2. The molecule has 0 spiro atoms. The van der Waals surface area contributed by atoms with E-state index in [1.807, 2.05) is 6.92 Å². The number of benzene rings is 1. The van der Waals surface area contributed by atoms with Gasteiger partial charge in [-0.3, -0.25) is 0 Å². The number of rotatable bonds is 4. The highest BCUT2D eigenvalue weighted by Crippen LogP contribution is 2.54. The van der Waals surface area contributed by atoms with E-state index < -0.39 is 0 Å². The lowest BCUT2D eigenvalue weighted by Crippen LogP contribution is -1.92. The summed E-state index contributed by atoms with van der Waals surface area (Å²) in [7, 11) is 0. The van der Waals surface area contributed by atoms with Gasteiger partial charge in [0.05, 0.1) is 5.69 Å². The molecule has 0 bridgehead atoms. The molecule has 0 unspecified atom stereocenters. The van der Waals surface area contributed by atoms with Gasteiger partial charge in [-0.25, -0.2) is 0 Å². The molecule has 3 aromatic rings. The Bertz CT molecular complexity index is 794. The van der Waals surface area contributed by atoms with E-state index in [-0.39, 0.29) is 0 Å². The van der Waals surface area contributed by atoms with Crippen LogP contribution in [0.5, 0.6) is 0 Å². The SMILES string of the molecule is Cc1nocc1Cc1noc([C@@H]2C[C@H]2c2ccc(Br)cc2)n1. The van der Waals surface area contributed by atoms with Crippen molar-refractivity contribution in [3.63, 3.8) is 0 Å². The predicted octanol–water partition coefficient (Wildman–Crippen LogP) is 3.99. The summed E-state index contributed by atoms with van der Waals surface area (Å²) in [5.74, 6) is 2.24. The summed E-state index contributed by atoms with van der Waals surface area (Å²) in [6.07, 6.45) is 3.29. The third-order valence-corrected chi connectivity index (χ3v) is 4.62. The quantitative estimate of drug-likeness (QED) is 0.704. The lowest BCUT2D eigenvalue weighted by atomic mass is 10.1. The Morgan fingerprint density at radius 2 is 2.00 bits per heavy atom. The Labute approximate surface area is 135 Å². The van der Waals surface area contributed by atoms with E-state index in [1.165, 1.54) is 5.56 Å². The van der Waals surface area contributed by atoms with Crippen molar-refractivity contribution in [3.8, 4) is 0 Å². The summed E-state index contributed by atoms with van der Waals surface area (Å²) >= 11 is 3.46. The summed E-state index contributed by atoms with van der Waals surface area (Å²) in [6.45, 7) is 1.91. The number of aromatic nitrogens is 3. The maximum Gasteiger partial charge on any atom is 0.230 e. The van der Waals surface area contributed by atoms with E-state index in [0.29, 0.717) is 24.1 Å². The zero-order chi connectivity index (χ0) is 15.1. The summed E-state index contributed by atoms with van der Waals surface area (Å²) in [6, 6.07) is 8.43. The zero-order valence-corrected chi connectivity index (χ0v) is 13.6. The molecule has 6 heteroatoms. The molecule has 1 aromatic carbocycles. The van der Waals surface area contributed by atoms with Crippen LogP contribution in [0.25, 0.3) is 0 Å². The predicted molar refractivity (Wildman–Crippen MR) is 82.6 cm³/mol. The van der Waals surface area contributed by atoms with Crippen LogP contribution < -0.4 is 0 Å². The standard InChI is InChI=1S/C16H14BrN3O2/c1-9-11(8-21-19-9)6-15-18-16(22-20-15)14-7-13(14)10-2-4-12(17)5-3-10/h2-5,8,13-14H,6-7H2,1H3/t13-,14+/m0/s1. The molecule has 1 saturated carbocycles. The molecule has 0 radical (unpaired) electrons. The highest BCUT2D eigenvalue weighted by Gasteiger charge is 2.43. The van der Waals surface area contributed by atoms with Crippen molar-refractivity contribution in [1.29, 1.82) is 0 Å². The highest BCUT2D eigenvalue weighted by molar-refractivity contribution is 9.10. The third kappa shape index (κ3) is 2.59. The molecule has 0 amide bonds. The van der Waals surface area contributed by atoms with Crippen molar-refractivity contribution >= 4 is 15.9 Å². The Kier molecular flexibility index (Phi) is 3.33. The Morgan fingerprint density at radius 1 is 1.18 bits per heavy atom. The summed E-state index contributed by atoms with van der Waals surface area (Å²) in [5.41, 5.74) is 3.18. The Hall–Kier alpha value is -1.95. The molecule has 4 rings (SSSR count). The molecule has 1 aliphatic rings. The highest BCUT2D eigenvalue weighted by atomic mass is 79.9. The third-order valence-electron chi connectivity index (χ3n) is 4.09. The second kappa shape index (κ2) is 5.35. The smallest absolute Gasteiger partial charge is 0.230 e. The largest absolute Gasteiger partial charge is 0.364 e. The molecule has 0 N–H and O–H groups in total. The van der Waals surface area contributed by atoms with E-state index >= 15 is 0 Å². The molecule has 2 heterocycles. The van der Waals surface area contributed by atoms with Crippen molar-refractivity contribution in [3.05, 3.63) is 63.5 Å². The van der Waals surface area contributed by atoms with Crippen LogP contribution >= 0.6 is 15.9 Å². The fourth-order valence-electron chi connectivity index (χ4n) is 2.69. The van der Waals surface area contributed by atoms with Crippen molar-refractivity contribution in [2.75, 3.05) is 0 Å². The number of halogens is 1. The number of hydrogen-bond acceptors (Lipinski definition) is 5. The van der Waals surface area contributed by atoms with Gasteiger partial charge in [0, 0.05) is 22.4 Å². The maximum absolute atomic E-state index is 5.43. The monoisotopic (exact) mass is 359 g/mol. The van der Waals surface area contributed by atoms with Crippen molar-refractivity contribution < 1.29 is 9.05 Å². The lowest BCUT2D eigenvalue weighted by Gasteiger charge is -1.98. The van der Waals surface area contributed by atoms with Gasteiger partial charge in [-0.05, 0) is 37.0 Å². The van der Waals surface area contributed by atoms with Crippen LogP contribution in [0.2, 0.25) is 0 Å². The van der Waals surface area contributed by atoms with E-state index in [0.717, 1.165) is 28.0 Å². The van der Waals surface area contributed by atoms with Gasteiger partial charge in [-0.15, -0.1) is 0 Å². The molecule has 22 heavy (non-hydrogen) atoms. The van der Waals surface area contributed by atoms with Gasteiger partial charge in [0.25, 0.3) is 0 Å². The van der Waals surface area contributed by atoms with Gasteiger partial charge < -0.3 is 9.05 Å². The van der Waals surface area contributed by atoms with Crippen LogP contribution in [-0.4, -0.2) is 15.3 Å². The average molecular weight is 360 g/mol. The van der Waals surface area contributed by atoms with Crippen molar-refractivity contribution in [2.24, 2.45) is 0 Å². The zero-order valence-electron chi connectivity index (χ0n) is 12.0. The fourth-order valence-corrected chi connectivity index (χ4v) is 2.95. The second-order valence-electron chi connectivity index (χ2n) is 5.65. The average Bonchev–Trinajstić information content (AvgIpc) is 3.00. The Balaban J connectivity index is 1.47. The van der Waals surface area contributed by atoms with Crippen molar-refractivity contribution in [1.82, 2.24) is 15.3 Å². The van der Waals surface area contributed by atoms with Gasteiger partial charge in [0.1, 0.15) is 6.26 Å². The number of hydrogen-bond donors (Lipinski definition) is 0. The van der Waals surface area contributed by atoms with Crippen molar-refractivity contribution in [2.45, 2.75) is 31.6 Å². The molecule has 2 atom stereocenters. The number of aryl methyl sites for hydroxylation is 1. The first-order valence-electron chi connectivity index (χ1n) is 7.18. The molecule has 1 fully saturated rings. The summed E-state index contributed by atoms with van der Waals surface area (Å²) < 4.78 is 11.5. The molecule has 112 valence electrons. The molecule has 0 aliphatic heterocycles. The van der Waals surface area contributed by atoms with Crippen LogP contribution in [0, 0.1) is 6.92 Å². The van der Waals surface area contributed by atoms with Gasteiger partial charge in [-0.2, -0.15) is 4.98 Å². The van der Waals surface area contributed by atoms with Crippen LogP contribution in [0.4, 0.5) is 0 Å². The minimum Gasteiger partial charge on any atom is -0.364 e. The van der Waals surface area contributed by atoms with E-state index in [2.05, 4.69) is 55.5 Å². The first kappa shape index (κ1) is 13.7. The van der Waals surface area contributed by atoms with Crippen LogP contribution in [0.3, 0.4) is 0 Å². The Morgan fingerprint density at radius 3 is 2.73 bits per heavy atom. The van der Waals surface area contributed by atoms with E-state index in [4.69, 9.17) is 9.05 Å². The minimum absolute atomic E-state index is 0.339. The molecule has 5 nitrogen and oxygen atoms in total. The van der Waals surface area contributed by atoms with Gasteiger partial charge in [0.15, 0.2) is 5.82 Å². The summed E-state index contributed by atoms with van der Waals surface area (Å²) in [4.78, 5) is 4.53. The first-order valence-corrected chi connectivity index (χ1v) is 7.98. The normalized spacial score (nSPS) is 20.3. The second-order valence-corrected chi connectivity index (χ2v) is 6.57. The lowest BCUT2D eigenvalue weighted by molar-refractivity contribution is 0.373. The van der Waals surface area contributed by atoms with Gasteiger partial charge >= 0.3 is 0 Å². The van der Waals surface area contributed by atoms with E-state index in [9.17, 15) is 0 Å². The first-order chi connectivity index (χ1) is 10.7. The van der Waals surface area contributed by atoms with Crippen LogP contribution in [0.15, 0.2) is 44.0 Å². The topological polar surface area (TPSA) is 65.0 Å². The van der Waals surface area contributed by atoms with Gasteiger partial charge in [-0.1, -0.05) is 38.4 Å². The van der Waals surface area contributed by atoms with Gasteiger partial charge in [0.2, 0.25) is 5.89 Å². The molecule has 2 aromatic heterocycles. The van der Waals surface area contributed by atoms with E-state index in [1.54, 1.807) is 6.26 Å². The molecular weight excluding hydrogens is 346 g/mol. The number of nitrogens with zero attached hydrogens (tertiary/aromatic N) is 3. The minimum atomic E-state index is 0.339. The fraction of sp³-hybridized carbons (Fsp3) is 0.312. The maximum atomic E-state index is 5.43. The molecule has 1 aliphatic carbocycles. The molecule has 0 saturated heterocycles. The van der Waals surface area contributed by atoms with Crippen LogP contribution in [0.1, 0.15) is 46.8 Å². The summed E-state index contributed by atoms with van der Waals surface area (Å²) in [5, 5.41) is 7.93.